The second kappa shape index (κ2) is 7.17. The molecular formula is C16H24N2O2. The largest absolute Gasteiger partial charge is 0.491 e. The maximum absolute atomic E-state index is 11.7. The van der Waals surface area contributed by atoms with Gasteiger partial charge < -0.3 is 15.4 Å². The summed E-state index contributed by atoms with van der Waals surface area (Å²) < 4.78 is 5.70. The van der Waals surface area contributed by atoms with Gasteiger partial charge in [-0.3, -0.25) is 0 Å². The number of urea groups is 1. The molecule has 2 rings (SSSR count). The molecule has 0 aliphatic heterocycles. The third-order valence-corrected chi connectivity index (χ3v) is 3.89. The molecule has 0 unspecified atom stereocenters. The average molecular weight is 276 g/mol. The lowest BCUT2D eigenvalue weighted by Gasteiger charge is -2.14. The molecule has 2 N–H and O–H groups in total. The number of carbonyl (C=O) groups is 1. The molecule has 0 saturated heterocycles. The Hall–Kier alpha value is -1.71. The second-order valence-corrected chi connectivity index (χ2v) is 5.43. The van der Waals surface area contributed by atoms with Gasteiger partial charge in [0, 0.05) is 6.04 Å². The van der Waals surface area contributed by atoms with Crippen molar-refractivity contribution < 1.29 is 9.53 Å². The zero-order valence-electron chi connectivity index (χ0n) is 12.4. The van der Waals surface area contributed by atoms with Crippen LogP contribution in [0.2, 0.25) is 0 Å². The molecule has 1 aromatic rings. The van der Waals surface area contributed by atoms with Crippen molar-refractivity contribution in [1.82, 2.24) is 10.6 Å². The maximum atomic E-state index is 11.7. The van der Waals surface area contributed by atoms with E-state index < -0.39 is 0 Å². The summed E-state index contributed by atoms with van der Waals surface area (Å²) in [5.74, 6) is 0.892. The first kappa shape index (κ1) is 14.7. The van der Waals surface area contributed by atoms with Crippen LogP contribution in [0.15, 0.2) is 18.2 Å². The Morgan fingerprint density at radius 1 is 1.30 bits per heavy atom. The smallest absolute Gasteiger partial charge is 0.315 e. The van der Waals surface area contributed by atoms with E-state index in [9.17, 15) is 4.79 Å². The SMILES string of the molecule is Cc1cccc(OCCNC(=O)NC2CCCC2)c1C. The summed E-state index contributed by atoms with van der Waals surface area (Å²) in [5, 5.41) is 5.83. The molecule has 0 radical (unpaired) electrons. The summed E-state index contributed by atoms with van der Waals surface area (Å²) in [5.41, 5.74) is 2.37. The van der Waals surface area contributed by atoms with E-state index in [1.807, 2.05) is 19.1 Å². The van der Waals surface area contributed by atoms with Gasteiger partial charge in [0.05, 0.1) is 6.54 Å². The summed E-state index contributed by atoms with van der Waals surface area (Å²) in [6.45, 7) is 5.12. The highest BCUT2D eigenvalue weighted by Gasteiger charge is 2.16. The number of carbonyl (C=O) groups excluding carboxylic acids is 1. The molecule has 1 aromatic carbocycles. The predicted molar refractivity (Wildman–Crippen MR) is 80.2 cm³/mol. The summed E-state index contributed by atoms with van der Waals surface area (Å²) in [6, 6.07) is 6.28. The lowest BCUT2D eigenvalue weighted by Crippen LogP contribution is -2.42. The van der Waals surface area contributed by atoms with Crippen molar-refractivity contribution in [2.75, 3.05) is 13.2 Å². The number of rotatable bonds is 5. The van der Waals surface area contributed by atoms with Crippen LogP contribution in [0.5, 0.6) is 5.75 Å². The highest BCUT2D eigenvalue weighted by Crippen LogP contribution is 2.20. The van der Waals surface area contributed by atoms with E-state index in [-0.39, 0.29) is 6.03 Å². The van der Waals surface area contributed by atoms with Gasteiger partial charge in [-0.2, -0.15) is 0 Å². The lowest BCUT2D eigenvalue weighted by molar-refractivity contribution is 0.232. The standard InChI is InChI=1S/C16H24N2O2/c1-12-6-5-9-15(13(12)2)20-11-10-17-16(19)18-14-7-3-4-8-14/h5-6,9,14H,3-4,7-8,10-11H2,1-2H3,(H2,17,18,19). The first-order valence-electron chi connectivity index (χ1n) is 7.40. The summed E-state index contributed by atoms with van der Waals surface area (Å²) in [7, 11) is 0. The monoisotopic (exact) mass is 276 g/mol. The zero-order valence-corrected chi connectivity index (χ0v) is 12.4. The van der Waals surface area contributed by atoms with Crippen molar-refractivity contribution in [3.05, 3.63) is 29.3 Å². The topological polar surface area (TPSA) is 50.4 Å². The second-order valence-electron chi connectivity index (χ2n) is 5.43. The maximum Gasteiger partial charge on any atom is 0.315 e. The minimum absolute atomic E-state index is 0.0820. The van der Waals surface area contributed by atoms with E-state index in [2.05, 4.69) is 23.6 Å². The molecule has 110 valence electrons. The van der Waals surface area contributed by atoms with Crippen LogP contribution in [-0.4, -0.2) is 25.2 Å². The Kier molecular flexibility index (Phi) is 5.27. The Balaban J connectivity index is 1.65. The third kappa shape index (κ3) is 4.15. The fourth-order valence-electron chi connectivity index (χ4n) is 2.51. The van der Waals surface area contributed by atoms with Crippen molar-refractivity contribution in [3.63, 3.8) is 0 Å². The molecule has 0 atom stereocenters. The Bertz CT molecular complexity index is 454. The van der Waals surface area contributed by atoms with Gasteiger partial charge in [0.25, 0.3) is 0 Å². The number of nitrogens with one attached hydrogen (secondary N) is 2. The molecule has 4 nitrogen and oxygen atoms in total. The van der Waals surface area contributed by atoms with Crippen molar-refractivity contribution in [2.24, 2.45) is 0 Å². The van der Waals surface area contributed by atoms with E-state index in [0.29, 0.717) is 19.2 Å². The molecule has 1 fully saturated rings. The molecular weight excluding hydrogens is 252 g/mol. The van der Waals surface area contributed by atoms with Gasteiger partial charge in [-0.25, -0.2) is 4.79 Å². The van der Waals surface area contributed by atoms with Gasteiger partial charge in [-0.1, -0.05) is 25.0 Å². The predicted octanol–water partition coefficient (Wildman–Crippen LogP) is 2.92. The highest BCUT2D eigenvalue weighted by molar-refractivity contribution is 5.74. The third-order valence-electron chi connectivity index (χ3n) is 3.89. The van der Waals surface area contributed by atoms with E-state index >= 15 is 0 Å². The molecule has 4 heteroatoms. The van der Waals surface area contributed by atoms with Gasteiger partial charge in [0.15, 0.2) is 0 Å². The molecule has 0 aromatic heterocycles. The van der Waals surface area contributed by atoms with E-state index in [4.69, 9.17) is 4.74 Å². The Morgan fingerprint density at radius 2 is 2.05 bits per heavy atom. The summed E-state index contributed by atoms with van der Waals surface area (Å²) in [4.78, 5) is 11.7. The lowest BCUT2D eigenvalue weighted by atomic mass is 10.1. The highest BCUT2D eigenvalue weighted by atomic mass is 16.5. The number of hydrogen-bond donors (Lipinski definition) is 2. The Labute approximate surface area is 120 Å². The molecule has 0 heterocycles. The van der Waals surface area contributed by atoms with Crippen molar-refractivity contribution in [1.29, 1.82) is 0 Å². The number of benzene rings is 1. The molecule has 0 bridgehead atoms. The number of ether oxygens (including phenoxy) is 1. The molecule has 1 aliphatic carbocycles. The van der Waals surface area contributed by atoms with E-state index in [1.165, 1.54) is 18.4 Å². The number of hydrogen-bond acceptors (Lipinski definition) is 2. The van der Waals surface area contributed by atoms with Gasteiger partial charge >= 0.3 is 6.03 Å². The van der Waals surface area contributed by atoms with Crippen LogP contribution in [0.1, 0.15) is 36.8 Å². The minimum atomic E-state index is -0.0820. The van der Waals surface area contributed by atoms with Crippen LogP contribution in [0.4, 0.5) is 4.79 Å². The van der Waals surface area contributed by atoms with Gasteiger partial charge in [0.1, 0.15) is 12.4 Å². The first-order chi connectivity index (χ1) is 9.66. The van der Waals surface area contributed by atoms with Gasteiger partial charge in [-0.05, 0) is 43.9 Å². The number of aryl methyl sites for hydroxylation is 1. The normalized spacial score (nSPS) is 15.1. The molecule has 20 heavy (non-hydrogen) atoms. The van der Waals surface area contributed by atoms with Gasteiger partial charge in [-0.15, -0.1) is 0 Å². The molecule has 2 amide bonds. The van der Waals surface area contributed by atoms with Crippen molar-refractivity contribution in [2.45, 2.75) is 45.6 Å². The van der Waals surface area contributed by atoms with Crippen LogP contribution >= 0.6 is 0 Å². The average Bonchev–Trinajstić information content (AvgIpc) is 2.92. The Morgan fingerprint density at radius 3 is 2.80 bits per heavy atom. The fraction of sp³-hybridized carbons (Fsp3) is 0.562. The van der Waals surface area contributed by atoms with Crippen LogP contribution < -0.4 is 15.4 Å². The molecule has 1 aliphatic rings. The molecule has 0 spiro atoms. The van der Waals surface area contributed by atoms with Crippen LogP contribution in [-0.2, 0) is 0 Å². The van der Waals surface area contributed by atoms with Crippen molar-refractivity contribution in [3.8, 4) is 5.75 Å². The molecule has 1 saturated carbocycles. The first-order valence-corrected chi connectivity index (χ1v) is 7.40. The van der Waals surface area contributed by atoms with E-state index in [0.717, 1.165) is 24.2 Å². The number of amides is 2. The van der Waals surface area contributed by atoms with E-state index in [1.54, 1.807) is 0 Å². The minimum Gasteiger partial charge on any atom is -0.491 e. The summed E-state index contributed by atoms with van der Waals surface area (Å²) in [6.07, 6.45) is 4.65. The van der Waals surface area contributed by atoms with Crippen LogP contribution in [0.3, 0.4) is 0 Å². The fourth-order valence-corrected chi connectivity index (χ4v) is 2.51. The quantitative estimate of drug-likeness (QED) is 0.812. The zero-order chi connectivity index (χ0) is 14.4. The van der Waals surface area contributed by atoms with Gasteiger partial charge in [0.2, 0.25) is 0 Å². The summed E-state index contributed by atoms with van der Waals surface area (Å²) >= 11 is 0. The van der Waals surface area contributed by atoms with Crippen molar-refractivity contribution >= 4 is 6.03 Å². The van der Waals surface area contributed by atoms with Crippen LogP contribution in [0.25, 0.3) is 0 Å². The van der Waals surface area contributed by atoms with Crippen LogP contribution in [0, 0.1) is 13.8 Å².